The molecule has 2 N–H and O–H groups in total. The molecule has 0 heterocycles. The Balaban J connectivity index is 3.08. The molecule has 0 spiro atoms. The summed E-state index contributed by atoms with van der Waals surface area (Å²) in [5.41, 5.74) is 2.13. The van der Waals surface area contributed by atoms with Crippen LogP contribution >= 0.6 is 0 Å². The van der Waals surface area contributed by atoms with E-state index in [0.717, 1.165) is 5.57 Å². The molecule has 1 unspecified atom stereocenters. The number of oxime groups is 1. The van der Waals surface area contributed by atoms with Gasteiger partial charge < -0.3 is 10.3 Å². The maximum atomic E-state index is 10.8. The van der Waals surface area contributed by atoms with Gasteiger partial charge in [0.05, 0.1) is 11.6 Å². The fourth-order valence-electron chi connectivity index (χ4n) is 1.75. The first-order valence-electron chi connectivity index (χ1n) is 4.19. The average Bonchev–Trinajstić information content (AvgIpc) is 2.46. The average molecular weight is 183 g/mol. The molecule has 72 valence electrons. The minimum absolute atomic E-state index is 0.490. The van der Waals surface area contributed by atoms with Crippen molar-refractivity contribution in [3.8, 4) is 0 Å². The topological polar surface area (TPSA) is 69.9 Å². The van der Waals surface area contributed by atoms with Crippen molar-refractivity contribution in [1.29, 1.82) is 0 Å². The SMILES string of the molecule is CC(C)=C1/C(=N/O)CCC1C(=O)O. The van der Waals surface area contributed by atoms with Gasteiger partial charge in [-0.1, -0.05) is 10.7 Å². The fourth-order valence-corrected chi connectivity index (χ4v) is 1.75. The molecule has 0 aromatic heterocycles. The number of carboxylic acid groups (broad SMARTS) is 1. The van der Waals surface area contributed by atoms with Gasteiger partial charge in [0.2, 0.25) is 0 Å². The molecule has 1 fully saturated rings. The Bertz CT molecular complexity index is 287. The standard InChI is InChI=1S/C9H13NO3/c1-5(2)8-6(9(11)12)3-4-7(8)10-13/h6,13H,3-4H2,1-2H3,(H,11,12)/b10-7+. The van der Waals surface area contributed by atoms with Gasteiger partial charge >= 0.3 is 5.97 Å². The lowest BCUT2D eigenvalue weighted by molar-refractivity contribution is -0.140. The Kier molecular flexibility index (Phi) is 2.70. The minimum Gasteiger partial charge on any atom is -0.481 e. The molecular weight excluding hydrogens is 170 g/mol. The van der Waals surface area contributed by atoms with E-state index < -0.39 is 11.9 Å². The normalized spacial score (nSPS) is 25.2. The fraction of sp³-hybridized carbons (Fsp3) is 0.556. The Morgan fingerprint density at radius 2 is 2.15 bits per heavy atom. The number of carbonyl (C=O) groups is 1. The van der Waals surface area contributed by atoms with E-state index in [-0.39, 0.29) is 0 Å². The predicted octanol–water partition coefficient (Wildman–Crippen LogP) is 1.65. The van der Waals surface area contributed by atoms with E-state index in [0.29, 0.717) is 24.1 Å². The minimum atomic E-state index is -0.838. The third kappa shape index (κ3) is 1.71. The first-order chi connectivity index (χ1) is 6.07. The molecule has 0 aromatic rings. The summed E-state index contributed by atoms with van der Waals surface area (Å²) in [6.07, 6.45) is 1.09. The van der Waals surface area contributed by atoms with Crippen LogP contribution in [0.3, 0.4) is 0 Å². The Morgan fingerprint density at radius 1 is 1.54 bits per heavy atom. The van der Waals surface area contributed by atoms with E-state index in [4.69, 9.17) is 10.3 Å². The number of hydrogen-bond donors (Lipinski definition) is 2. The molecule has 0 amide bonds. The molecule has 1 saturated carbocycles. The van der Waals surface area contributed by atoms with Gasteiger partial charge in [-0.3, -0.25) is 4.79 Å². The molecule has 1 rings (SSSR count). The smallest absolute Gasteiger partial charge is 0.311 e. The highest BCUT2D eigenvalue weighted by atomic mass is 16.4. The van der Waals surface area contributed by atoms with Gasteiger partial charge in [0.25, 0.3) is 0 Å². The van der Waals surface area contributed by atoms with Crippen LogP contribution in [0.25, 0.3) is 0 Å². The molecule has 0 aliphatic heterocycles. The third-order valence-corrected chi connectivity index (χ3v) is 2.29. The molecule has 0 radical (unpaired) electrons. The lowest BCUT2D eigenvalue weighted by Gasteiger charge is -2.07. The monoisotopic (exact) mass is 183 g/mol. The second-order valence-electron chi connectivity index (χ2n) is 3.39. The van der Waals surface area contributed by atoms with Crippen molar-refractivity contribution in [3.05, 3.63) is 11.1 Å². The van der Waals surface area contributed by atoms with E-state index in [2.05, 4.69) is 5.16 Å². The van der Waals surface area contributed by atoms with Crippen LogP contribution < -0.4 is 0 Å². The molecule has 0 saturated heterocycles. The Morgan fingerprint density at radius 3 is 2.54 bits per heavy atom. The van der Waals surface area contributed by atoms with E-state index >= 15 is 0 Å². The van der Waals surface area contributed by atoms with E-state index in [1.807, 2.05) is 13.8 Å². The first-order valence-corrected chi connectivity index (χ1v) is 4.19. The maximum absolute atomic E-state index is 10.8. The summed E-state index contributed by atoms with van der Waals surface area (Å²) in [5, 5.41) is 20.6. The summed E-state index contributed by atoms with van der Waals surface area (Å²) in [6.45, 7) is 3.67. The number of nitrogens with zero attached hydrogens (tertiary/aromatic N) is 1. The molecule has 4 nitrogen and oxygen atoms in total. The lowest BCUT2D eigenvalue weighted by Crippen LogP contribution is -2.14. The largest absolute Gasteiger partial charge is 0.481 e. The van der Waals surface area contributed by atoms with Crippen LogP contribution in [-0.2, 0) is 4.79 Å². The van der Waals surface area contributed by atoms with Crippen molar-refractivity contribution in [1.82, 2.24) is 0 Å². The lowest BCUT2D eigenvalue weighted by atomic mass is 9.98. The van der Waals surface area contributed by atoms with Gasteiger partial charge in [0.1, 0.15) is 0 Å². The summed E-state index contributed by atoms with van der Waals surface area (Å²) < 4.78 is 0. The Hall–Kier alpha value is -1.32. The van der Waals surface area contributed by atoms with Crippen LogP contribution in [0.5, 0.6) is 0 Å². The summed E-state index contributed by atoms with van der Waals surface area (Å²) in [7, 11) is 0. The number of rotatable bonds is 1. The second kappa shape index (κ2) is 3.60. The highest BCUT2D eigenvalue weighted by Gasteiger charge is 2.33. The second-order valence-corrected chi connectivity index (χ2v) is 3.39. The van der Waals surface area contributed by atoms with Crippen LogP contribution in [0, 0.1) is 5.92 Å². The van der Waals surface area contributed by atoms with E-state index in [1.165, 1.54) is 0 Å². The van der Waals surface area contributed by atoms with Gasteiger partial charge in [0, 0.05) is 0 Å². The quantitative estimate of drug-likeness (QED) is 0.479. The molecule has 0 bridgehead atoms. The molecule has 0 aromatic carbocycles. The zero-order chi connectivity index (χ0) is 10.0. The molecular formula is C9H13NO3. The summed E-state index contributed by atoms with van der Waals surface area (Å²) in [6, 6.07) is 0. The van der Waals surface area contributed by atoms with Crippen LogP contribution in [0.15, 0.2) is 16.3 Å². The maximum Gasteiger partial charge on any atom is 0.311 e. The van der Waals surface area contributed by atoms with Gasteiger partial charge in [-0.25, -0.2) is 0 Å². The number of carboxylic acids is 1. The molecule has 13 heavy (non-hydrogen) atoms. The highest BCUT2D eigenvalue weighted by Crippen LogP contribution is 2.31. The Labute approximate surface area is 76.6 Å². The zero-order valence-corrected chi connectivity index (χ0v) is 7.74. The van der Waals surface area contributed by atoms with E-state index in [9.17, 15) is 4.79 Å². The number of aliphatic carboxylic acids is 1. The highest BCUT2D eigenvalue weighted by molar-refractivity contribution is 6.07. The van der Waals surface area contributed by atoms with Gasteiger partial charge in [-0.15, -0.1) is 0 Å². The van der Waals surface area contributed by atoms with Crippen molar-refractivity contribution < 1.29 is 15.1 Å². The van der Waals surface area contributed by atoms with Crippen molar-refractivity contribution in [2.75, 3.05) is 0 Å². The summed E-state index contributed by atoms with van der Waals surface area (Å²) in [4.78, 5) is 10.8. The van der Waals surface area contributed by atoms with Crippen molar-refractivity contribution >= 4 is 11.7 Å². The molecule has 1 aliphatic rings. The van der Waals surface area contributed by atoms with Gasteiger partial charge in [-0.2, -0.15) is 0 Å². The zero-order valence-electron chi connectivity index (χ0n) is 7.74. The van der Waals surface area contributed by atoms with E-state index in [1.54, 1.807) is 0 Å². The van der Waals surface area contributed by atoms with Crippen molar-refractivity contribution in [3.63, 3.8) is 0 Å². The molecule has 4 heteroatoms. The van der Waals surface area contributed by atoms with Crippen LogP contribution in [0.4, 0.5) is 0 Å². The molecule has 1 atom stereocenters. The summed E-state index contributed by atoms with van der Waals surface area (Å²) in [5.74, 6) is -1.33. The first kappa shape index (κ1) is 9.77. The summed E-state index contributed by atoms with van der Waals surface area (Å²) >= 11 is 0. The van der Waals surface area contributed by atoms with Crippen molar-refractivity contribution in [2.45, 2.75) is 26.7 Å². The van der Waals surface area contributed by atoms with Crippen LogP contribution in [-0.4, -0.2) is 22.0 Å². The molecule has 1 aliphatic carbocycles. The third-order valence-electron chi connectivity index (χ3n) is 2.29. The number of hydrogen-bond acceptors (Lipinski definition) is 3. The van der Waals surface area contributed by atoms with Crippen LogP contribution in [0.2, 0.25) is 0 Å². The van der Waals surface area contributed by atoms with Crippen molar-refractivity contribution in [2.24, 2.45) is 11.1 Å². The van der Waals surface area contributed by atoms with Gasteiger partial charge in [-0.05, 0) is 32.3 Å². The van der Waals surface area contributed by atoms with Gasteiger partial charge in [0.15, 0.2) is 0 Å². The van der Waals surface area contributed by atoms with Crippen LogP contribution in [0.1, 0.15) is 26.7 Å². The number of allylic oxidation sites excluding steroid dienone is 1. The predicted molar refractivity (Wildman–Crippen MR) is 48.0 cm³/mol.